The van der Waals surface area contributed by atoms with Gasteiger partial charge in [0.1, 0.15) is 0 Å². The Kier molecular flexibility index (Phi) is 5.45. The lowest BCUT2D eigenvalue weighted by Crippen LogP contribution is -2.53. The standard InChI is InChI=1S/C17H22N2O3S/c1-3-12-18-16(20)17(15-8-6-5-7-9-15)10-13-19(14-11-17)23(21,22)4-2/h1,5-9H,4,10-14H2,2H3,(H,18,20). The van der Waals surface area contributed by atoms with Crippen LogP contribution < -0.4 is 5.32 Å². The fourth-order valence-electron chi connectivity index (χ4n) is 3.03. The van der Waals surface area contributed by atoms with Crippen LogP contribution in [-0.2, 0) is 20.2 Å². The number of nitrogens with zero attached hydrogens (tertiary/aromatic N) is 1. The summed E-state index contributed by atoms with van der Waals surface area (Å²) in [6.45, 7) is 2.49. The number of carbonyl (C=O) groups excluding carboxylic acids is 1. The molecule has 0 unspecified atom stereocenters. The molecule has 1 N–H and O–H groups in total. The highest BCUT2D eigenvalue weighted by atomic mass is 32.2. The van der Waals surface area contributed by atoms with Crippen LogP contribution in [0.25, 0.3) is 0 Å². The van der Waals surface area contributed by atoms with Crippen LogP contribution in [-0.4, -0.2) is 44.0 Å². The molecule has 0 radical (unpaired) electrons. The van der Waals surface area contributed by atoms with E-state index in [0.29, 0.717) is 25.9 Å². The maximum atomic E-state index is 12.7. The molecule has 1 aromatic carbocycles. The van der Waals surface area contributed by atoms with E-state index in [0.717, 1.165) is 5.56 Å². The summed E-state index contributed by atoms with van der Waals surface area (Å²) >= 11 is 0. The number of terminal acetylenes is 1. The molecule has 124 valence electrons. The van der Waals surface area contributed by atoms with Crippen molar-refractivity contribution in [3.05, 3.63) is 35.9 Å². The van der Waals surface area contributed by atoms with Gasteiger partial charge in [-0.1, -0.05) is 36.3 Å². The molecule has 23 heavy (non-hydrogen) atoms. The number of nitrogens with one attached hydrogen (secondary N) is 1. The van der Waals surface area contributed by atoms with E-state index in [4.69, 9.17) is 6.42 Å². The summed E-state index contributed by atoms with van der Waals surface area (Å²) in [5.74, 6) is 2.36. The van der Waals surface area contributed by atoms with Crippen LogP contribution in [0, 0.1) is 12.3 Å². The van der Waals surface area contributed by atoms with E-state index in [2.05, 4.69) is 11.2 Å². The molecule has 1 amide bonds. The summed E-state index contributed by atoms with van der Waals surface area (Å²) in [5, 5.41) is 2.77. The van der Waals surface area contributed by atoms with Gasteiger partial charge in [0.05, 0.1) is 17.7 Å². The fraction of sp³-hybridized carbons (Fsp3) is 0.471. The van der Waals surface area contributed by atoms with Gasteiger partial charge in [0.2, 0.25) is 15.9 Å². The van der Waals surface area contributed by atoms with Crippen LogP contribution in [0.1, 0.15) is 25.3 Å². The second-order valence-electron chi connectivity index (χ2n) is 5.63. The molecule has 0 spiro atoms. The Morgan fingerprint density at radius 1 is 1.30 bits per heavy atom. The van der Waals surface area contributed by atoms with Crippen molar-refractivity contribution in [3.63, 3.8) is 0 Å². The second-order valence-corrected chi connectivity index (χ2v) is 7.89. The van der Waals surface area contributed by atoms with Crippen LogP contribution in [0.2, 0.25) is 0 Å². The van der Waals surface area contributed by atoms with Crippen molar-refractivity contribution in [2.24, 2.45) is 0 Å². The Labute approximate surface area is 138 Å². The summed E-state index contributed by atoms with van der Waals surface area (Å²) in [5.41, 5.74) is 0.181. The maximum Gasteiger partial charge on any atom is 0.231 e. The minimum atomic E-state index is -3.23. The molecule has 2 rings (SSSR count). The van der Waals surface area contributed by atoms with Crippen molar-refractivity contribution < 1.29 is 13.2 Å². The van der Waals surface area contributed by atoms with E-state index in [9.17, 15) is 13.2 Å². The molecule has 0 bridgehead atoms. The Balaban J connectivity index is 2.28. The summed E-state index contributed by atoms with van der Waals surface area (Å²) < 4.78 is 25.6. The van der Waals surface area contributed by atoms with Gasteiger partial charge in [-0.2, -0.15) is 0 Å². The van der Waals surface area contributed by atoms with E-state index in [-0.39, 0.29) is 18.2 Å². The lowest BCUT2D eigenvalue weighted by molar-refractivity contribution is -0.128. The molecule has 1 fully saturated rings. The third-order valence-electron chi connectivity index (χ3n) is 4.45. The van der Waals surface area contributed by atoms with Crippen LogP contribution >= 0.6 is 0 Å². The molecule has 1 saturated heterocycles. The Bertz CT molecular complexity index is 684. The van der Waals surface area contributed by atoms with Gasteiger partial charge in [0.25, 0.3) is 0 Å². The molecule has 0 saturated carbocycles. The Morgan fingerprint density at radius 2 is 1.91 bits per heavy atom. The van der Waals surface area contributed by atoms with Gasteiger partial charge >= 0.3 is 0 Å². The van der Waals surface area contributed by atoms with Gasteiger partial charge in [0, 0.05) is 13.1 Å². The number of sulfonamides is 1. The molecule has 0 atom stereocenters. The van der Waals surface area contributed by atoms with Crippen molar-refractivity contribution in [2.45, 2.75) is 25.2 Å². The van der Waals surface area contributed by atoms with Gasteiger partial charge in [-0.05, 0) is 25.3 Å². The van der Waals surface area contributed by atoms with Gasteiger partial charge in [-0.15, -0.1) is 6.42 Å². The number of hydrogen-bond acceptors (Lipinski definition) is 3. The van der Waals surface area contributed by atoms with Gasteiger partial charge in [-0.3, -0.25) is 4.79 Å². The minimum Gasteiger partial charge on any atom is -0.344 e. The number of hydrogen-bond donors (Lipinski definition) is 1. The second kappa shape index (κ2) is 7.16. The molecule has 5 nitrogen and oxygen atoms in total. The van der Waals surface area contributed by atoms with Crippen LogP contribution in [0.3, 0.4) is 0 Å². The molecule has 1 aromatic rings. The number of carbonyl (C=O) groups is 1. The number of amides is 1. The molecule has 1 aliphatic rings. The molecular weight excluding hydrogens is 312 g/mol. The predicted octanol–water partition coefficient (Wildman–Crippen LogP) is 1.12. The van der Waals surface area contributed by atoms with Gasteiger partial charge in [0.15, 0.2) is 0 Å². The zero-order valence-corrected chi connectivity index (χ0v) is 14.1. The first kappa shape index (κ1) is 17.5. The molecule has 6 heteroatoms. The van der Waals surface area contributed by atoms with Crippen molar-refractivity contribution in [1.82, 2.24) is 9.62 Å². The van der Waals surface area contributed by atoms with E-state index >= 15 is 0 Å². The fourth-order valence-corrected chi connectivity index (χ4v) is 4.14. The minimum absolute atomic E-state index is 0.0780. The first-order chi connectivity index (χ1) is 11.0. The lowest BCUT2D eigenvalue weighted by Gasteiger charge is -2.40. The van der Waals surface area contributed by atoms with E-state index in [1.807, 2.05) is 30.3 Å². The zero-order valence-electron chi connectivity index (χ0n) is 13.3. The average molecular weight is 334 g/mol. The molecule has 1 aliphatic heterocycles. The Hall–Kier alpha value is -1.84. The molecule has 1 heterocycles. The lowest BCUT2D eigenvalue weighted by atomic mass is 9.72. The summed E-state index contributed by atoms with van der Waals surface area (Å²) in [6.07, 6.45) is 6.14. The normalized spacial score (nSPS) is 18.1. The number of piperidine rings is 1. The third-order valence-corrected chi connectivity index (χ3v) is 6.33. The quantitative estimate of drug-likeness (QED) is 0.821. The zero-order chi connectivity index (χ0) is 16.9. The largest absolute Gasteiger partial charge is 0.344 e. The van der Waals surface area contributed by atoms with Crippen molar-refractivity contribution in [3.8, 4) is 12.3 Å². The average Bonchev–Trinajstić information content (AvgIpc) is 2.60. The first-order valence-corrected chi connectivity index (χ1v) is 9.32. The summed E-state index contributed by atoms with van der Waals surface area (Å²) in [7, 11) is -3.23. The van der Waals surface area contributed by atoms with Crippen LogP contribution in [0.4, 0.5) is 0 Å². The SMILES string of the molecule is C#CCNC(=O)C1(c2ccccc2)CCN(S(=O)(=O)CC)CC1. The van der Waals surface area contributed by atoms with Gasteiger partial charge < -0.3 is 5.32 Å². The summed E-state index contributed by atoms with van der Waals surface area (Å²) in [4.78, 5) is 12.7. The van der Waals surface area contributed by atoms with Crippen LogP contribution in [0.5, 0.6) is 0 Å². The van der Waals surface area contributed by atoms with Gasteiger partial charge in [-0.25, -0.2) is 12.7 Å². The number of rotatable bonds is 5. The highest BCUT2D eigenvalue weighted by molar-refractivity contribution is 7.89. The highest BCUT2D eigenvalue weighted by Gasteiger charge is 2.44. The molecule has 0 aliphatic carbocycles. The third kappa shape index (κ3) is 3.57. The molecular formula is C17H22N2O3S. The first-order valence-electron chi connectivity index (χ1n) is 7.71. The van der Waals surface area contributed by atoms with Crippen molar-refractivity contribution >= 4 is 15.9 Å². The molecule has 0 aromatic heterocycles. The van der Waals surface area contributed by atoms with Crippen molar-refractivity contribution in [1.29, 1.82) is 0 Å². The number of benzene rings is 1. The van der Waals surface area contributed by atoms with E-state index < -0.39 is 15.4 Å². The summed E-state index contributed by atoms with van der Waals surface area (Å²) in [6, 6.07) is 9.51. The Morgan fingerprint density at radius 3 is 2.43 bits per heavy atom. The topological polar surface area (TPSA) is 66.5 Å². The maximum absolute atomic E-state index is 12.7. The highest BCUT2D eigenvalue weighted by Crippen LogP contribution is 2.36. The predicted molar refractivity (Wildman–Crippen MR) is 90.2 cm³/mol. The van der Waals surface area contributed by atoms with Crippen LogP contribution in [0.15, 0.2) is 30.3 Å². The smallest absolute Gasteiger partial charge is 0.231 e. The van der Waals surface area contributed by atoms with Crippen molar-refractivity contribution in [2.75, 3.05) is 25.4 Å². The monoisotopic (exact) mass is 334 g/mol. The van der Waals surface area contributed by atoms with E-state index in [1.54, 1.807) is 6.92 Å². The van der Waals surface area contributed by atoms with E-state index in [1.165, 1.54) is 4.31 Å².